The molecule has 0 aromatic heterocycles. The van der Waals surface area contributed by atoms with Crippen molar-refractivity contribution in [1.29, 1.82) is 0 Å². The van der Waals surface area contributed by atoms with Crippen LogP contribution in [-0.2, 0) is 0 Å². The fraction of sp³-hybridized carbons (Fsp3) is 0.278. The molecule has 0 bridgehead atoms. The lowest BCUT2D eigenvalue weighted by Crippen LogP contribution is -2.46. The van der Waals surface area contributed by atoms with E-state index in [0.29, 0.717) is 5.02 Å². The number of hydrogen-bond acceptors (Lipinski definition) is 4. The molecule has 0 spiro atoms. The monoisotopic (exact) mass is 327 g/mol. The van der Waals surface area contributed by atoms with E-state index in [0.717, 1.165) is 60.3 Å². The minimum absolute atomic E-state index is 0.665. The summed E-state index contributed by atoms with van der Waals surface area (Å²) in [4.78, 5) is 7.23. The van der Waals surface area contributed by atoms with Gasteiger partial charge in [0, 0.05) is 31.2 Å². The van der Waals surface area contributed by atoms with Crippen LogP contribution in [0.15, 0.2) is 41.4 Å². The minimum atomic E-state index is 0.665. The van der Waals surface area contributed by atoms with Gasteiger partial charge in [-0.25, -0.2) is 4.99 Å². The van der Waals surface area contributed by atoms with E-state index in [-0.39, 0.29) is 0 Å². The van der Waals surface area contributed by atoms with Crippen molar-refractivity contribution in [3.8, 4) is 11.5 Å². The Bertz CT molecular complexity index is 782. The Morgan fingerprint density at radius 2 is 2.00 bits per heavy atom. The molecular formula is C18H18ClN3O. The first kappa shape index (κ1) is 14.5. The molecule has 0 saturated carbocycles. The third-order valence-electron chi connectivity index (χ3n) is 4.23. The maximum atomic E-state index is 6.19. The Kier molecular flexibility index (Phi) is 3.71. The lowest BCUT2D eigenvalue weighted by atomic mass is 10.1. The van der Waals surface area contributed by atoms with Crippen LogP contribution >= 0.6 is 11.6 Å². The number of nitrogens with one attached hydrogen (secondary N) is 1. The molecule has 1 saturated heterocycles. The van der Waals surface area contributed by atoms with E-state index in [1.165, 1.54) is 0 Å². The molecule has 4 rings (SSSR count). The highest BCUT2D eigenvalue weighted by Crippen LogP contribution is 2.40. The van der Waals surface area contributed by atoms with Crippen molar-refractivity contribution in [3.63, 3.8) is 0 Å². The molecular weight excluding hydrogens is 310 g/mol. The standard InChI is InChI=1S/C18H18ClN3O/c1-12-3-2-4-14-17(12)23-16-6-5-13(19)11-15(16)21-18(14)22-9-7-20-8-10-22/h2-6,11,20H,7-10H2,1H3. The number of piperazine rings is 1. The van der Waals surface area contributed by atoms with E-state index in [1.807, 2.05) is 18.2 Å². The number of ether oxygens (including phenoxy) is 1. The van der Waals surface area contributed by atoms with Gasteiger partial charge < -0.3 is 15.0 Å². The average Bonchev–Trinajstić information content (AvgIpc) is 2.73. The highest BCUT2D eigenvalue weighted by Gasteiger charge is 2.24. The van der Waals surface area contributed by atoms with Gasteiger partial charge in [0.2, 0.25) is 0 Å². The van der Waals surface area contributed by atoms with Crippen molar-refractivity contribution >= 4 is 23.1 Å². The fourth-order valence-electron chi connectivity index (χ4n) is 3.03. The zero-order chi connectivity index (χ0) is 15.8. The Hall–Kier alpha value is -2.04. The van der Waals surface area contributed by atoms with Crippen LogP contribution in [0.25, 0.3) is 0 Å². The summed E-state index contributed by atoms with van der Waals surface area (Å²) in [5.41, 5.74) is 2.92. The summed E-state index contributed by atoms with van der Waals surface area (Å²) in [6, 6.07) is 11.8. The second-order valence-corrected chi connectivity index (χ2v) is 6.27. The summed E-state index contributed by atoms with van der Waals surface area (Å²) in [6.45, 7) is 5.85. The number of para-hydroxylation sites is 1. The minimum Gasteiger partial charge on any atom is -0.454 e. The average molecular weight is 328 g/mol. The molecule has 0 aliphatic carbocycles. The highest BCUT2D eigenvalue weighted by molar-refractivity contribution is 6.31. The van der Waals surface area contributed by atoms with Gasteiger partial charge >= 0.3 is 0 Å². The van der Waals surface area contributed by atoms with Crippen molar-refractivity contribution in [1.82, 2.24) is 10.2 Å². The van der Waals surface area contributed by atoms with Crippen LogP contribution in [0, 0.1) is 6.92 Å². The van der Waals surface area contributed by atoms with Crippen molar-refractivity contribution in [3.05, 3.63) is 52.5 Å². The number of hydrogen-bond donors (Lipinski definition) is 1. The van der Waals surface area contributed by atoms with Gasteiger partial charge in [0.25, 0.3) is 0 Å². The molecule has 0 radical (unpaired) electrons. The summed E-state index contributed by atoms with van der Waals surface area (Å²) in [5, 5.41) is 4.05. The third kappa shape index (κ3) is 2.69. The summed E-state index contributed by atoms with van der Waals surface area (Å²) < 4.78 is 6.19. The van der Waals surface area contributed by atoms with Gasteiger partial charge in [-0.15, -0.1) is 0 Å². The summed E-state index contributed by atoms with van der Waals surface area (Å²) in [5.74, 6) is 2.59. The molecule has 2 aliphatic heterocycles. The van der Waals surface area contributed by atoms with Crippen molar-refractivity contribution in [2.24, 2.45) is 4.99 Å². The van der Waals surface area contributed by atoms with E-state index in [4.69, 9.17) is 21.3 Å². The molecule has 2 heterocycles. The first-order valence-corrected chi connectivity index (χ1v) is 8.22. The topological polar surface area (TPSA) is 36.9 Å². The van der Waals surface area contributed by atoms with Crippen LogP contribution in [0.5, 0.6) is 11.5 Å². The predicted octanol–water partition coefficient (Wildman–Crippen LogP) is 3.74. The zero-order valence-electron chi connectivity index (χ0n) is 13.0. The number of amidine groups is 1. The maximum Gasteiger partial charge on any atom is 0.153 e. The van der Waals surface area contributed by atoms with Gasteiger partial charge in [-0.2, -0.15) is 0 Å². The van der Waals surface area contributed by atoms with Crippen LogP contribution in [0.4, 0.5) is 5.69 Å². The molecule has 1 N–H and O–H groups in total. The van der Waals surface area contributed by atoms with Gasteiger partial charge in [-0.1, -0.05) is 23.7 Å². The van der Waals surface area contributed by atoms with Crippen LogP contribution in [0.2, 0.25) is 5.02 Å². The van der Waals surface area contributed by atoms with Gasteiger partial charge in [-0.3, -0.25) is 0 Å². The quantitative estimate of drug-likeness (QED) is 0.801. The largest absolute Gasteiger partial charge is 0.454 e. The number of aryl methyl sites for hydroxylation is 1. The molecule has 23 heavy (non-hydrogen) atoms. The third-order valence-corrected chi connectivity index (χ3v) is 4.46. The molecule has 5 heteroatoms. The van der Waals surface area contributed by atoms with Gasteiger partial charge in [-0.05, 0) is 36.8 Å². The van der Waals surface area contributed by atoms with Gasteiger partial charge in [0.05, 0.1) is 5.56 Å². The van der Waals surface area contributed by atoms with E-state index >= 15 is 0 Å². The maximum absolute atomic E-state index is 6.19. The first-order chi connectivity index (χ1) is 11.2. The van der Waals surface area contributed by atoms with Crippen molar-refractivity contribution < 1.29 is 4.74 Å². The fourth-order valence-corrected chi connectivity index (χ4v) is 3.20. The number of nitrogens with zero attached hydrogens (tertiary/aromatic N) is 2. The van der Waals surface area contributed by atoms with Crippen LogP contribution in [0.3, 0.4) is 0 Å². The Morgan fingerprint density at radius 3 is 2.83 bits per heavy atom. The van der Waals surface area contributed by atoms with Crippen molar-refractivity contribution in [2.45, 2.75) is 6.92 Å². The summed E-state index contributed by atoms with van der Waals surface area (Å²) in [7, 11) is 0. The number of rotatable bonds is 0. The number of fused-ring (bicyclic) bond motifs is 2. The smallest absolute Gasteiger partial charge is 0.153 e. The van der Waals surface area contributed by atoms with E-state index in [1.54, 1.807) is 0 Å². The zero-order valence-corrected chi connectivity index (χ0v) is 13.7. The van der Waals surface area contributed by atoms with Gasteiger partial charge in [0.1, 0.15) is 17.3 Å². The normalized spacial score (nSPS) is 16.8. The molecule has 2 aromatic rings. The number of aliphatic imine (C=N–C) groups is 1. The summed E-state index contributed by atoms with van der Waals surface area (Å²) in [6.07, 6.45) is 0. The molecule has 1 fully saturated rings. The Balaban J connectivity index is 1.91. The van der Waals surface area contributed by atoms with E-state index in [9.17, 15) is 0 Å². The molecule has 118 valence electrons. The Labute approximate surface area is 140 Å². The lowest BCUT2D eigenvalue weighted by Gasteiger charge is -2.30. The second-order valence-electron chi connectivity index (χ2n) is 5.84. The van der Waals surface area contributed by atoms with Gasteiger partial charge in [0.15, 0.2) is 5.75 Å². The second kappa shape index (κ2) is 5.87. The molecule has 2 aromatic carbocycles. The number of halogens is 1. The number of benzene rings is 2. The van der Waals surface area contributed by atoms with Crippen LogP contribution in [-0.4, -0.2) is 36.9 Å². The highest BCUT2D eigenvalue weighted by atomic mass is 35.5. The van der Waals surface area contributed by atoms with Crippen molar-refractivity contribution in [2.75, 3.05) is 26.2 Å². The van der Waals surface area contributed by atoms with E-state index in [2.05, 4.69) is 35.3 Å². The molecule has 4 nitrogen and oxygen atoms in total. The lowest BCUT2D eigenvalue weighted by molar-refractivity contribution is 0.357. The first-order valence-electron chi connectivity index (χ1n) is 7.84. The molecule has 2 aliphatic rings. The Morgan fingerprint density at radius 1 is 1.17 bits per heavy atom. The van der Waals surface area contributed by atoms with Crippen LogP contribution in [0.1, 0.15) is 11.1 Å². The molecule has 0 atom stereocenters. The predicted molar refractivity (Wildman–Crippen MR) is 93.3 cm³/mol. The van der Waals surface area contributed by atoms with E-state index < -0.39 is 0 Å². The molecule has 0 amide bonds. The summed E-state index contributed by atoms with van der Waals surface area (Å²) >= 11 is 6.16. The molecule has 0 unspecified atom stereocenters. The SMILES string of the molecule is Cc1cccc2c1Oc1ccc(Cl)cc1N=C2N1CCNCC1. The van der Waals surface area contributed by atoms with Crippen LogP contribution < -0.4 is 10.1 Å².